The monoisotopic (exact) mass is 434 g/mol. The highest BCUT2D eigenvalue weighted by Crippen LogP contribution is 2.40. The average molecular weight is 435 g/mol. The number of nitrogens with zero attached hydrogens (tertiary/aromatic N) is 3. The molecule has 1 heterocycles. The van der Waals surface area contributed by atoms with Gasteiger partial charge in [-0.25, -0.2) is 0 Å². The van der Waals surface area contributed by atoms with Gasteiger partial charge in [-0.15, -0.1) is 10.2 Å². The van der Waals surface area contributed by atoms with Crippen molar-refractivity contribution in [2.75, 3.05) is 5.32 Å². The SMILES string of the molecule is CCC(C)c1ccccc1NC(=O)C(C)Sc1nnc(C2CC2)n1Cc1ccccc1. The summed E-state index contributed by atoms with van der Waals surface area (Å²) in [7, 11) is 0. The number of carbonyl (C=O) groups excluding carboxylic acids is 1. The van der Waals surface area contributed by atoms with Gasteiger partial charge in [0.1, 0.15) is 5.82 Å². The fourth-order valence-corrected chi connectivity index (χ4v) is 4.51. The van der Waals surface area contributed by atoms with Gasteiger partial charge in [-0.2, -0.15) is 0 Å². The predicted molar refractivity (Wildman–Crippen MR) is 127 cm³/mol. The molecule has 162 valence electrons. The highest BCUT2D eigenvalue weighted by atomic mass is 32.2. The van der Waals surface area contributed by atoms with Crippen LogP contribution >= 0.6 is 11.8 Å². The van der Waals surface area contributed by atoms with Gasteiger partial charge in [0.05, 0.1) is 11.8 Å². The maximum absolute atomic E-state index is 13.0. The molecular formula is C25H30N4OS. The van der Waals surface area contributed by atoms with E-state index >= 15 is 0 Å². The van der Waals surface area contributed by atoms with Crippen molar-refractivity contribution in [1.29, 1.82) is 0 Å². The second-order valence-corrected chi connectivity index (χ2v) is 9.64. The summed E-state index contributed by atoms with van der Waals surface area (Å²) in [6, 6.07) is 18.4. The van der Waals surface area contributed by atoms with Crippen LogP contribution in [-0.2, 0) is 11.3 Å². The molecule has 1 N–H and O–H groups in total. The minimum absolute atomic E-state index is 0.0111. The molecule has 0 saturated heterocycles. The summed E-state index contributed by atoms with van der Waals surface area (Å²) in [5, 5.41) is 12.6. The Labute approximate surface area is 188 Å². The van der Waals surface area contributed by atoms with Crippen molar-refractivity contribution in [3.63, 3.8) is 0 Å². The van der Waals surface area contributed by atoms with Crippen LogP contribution in [0.1, 0.15) is 68.8 Å². The first kappa shape index (κ1) is 21.6. The van der Waals surface area contributed by atoms with Crippen molar-refractivity contribution in [1.82, 2.24) is 14.8 Å². The topological polar surface area (TPSA) is 59.8 Å². The summed E-state index contributed by atoms with van der Waals surface area (Å²) in [4.78, 5) is 13.0. The maximum atomic E-state index is 13.0. The number of hydrogen-bond acceptors (Lipinski definition) is 4. The van der Waals surface area contributed by atoms with E-state index in [1.54, 1.807) is 0 Å². The van der Waals surface area contributed by atoms with Crippen LogP contribution in [0.25, 0.3) is 0 Å². The van der Waals surface area contributed by atoms with Crippen molar-refractivity contribution < 1.29 is 4.79 Å². The first-order valence-electron chi connectivity index (χ1n) is 11.1. The van der Waals surface area contributed by atoms with E-state index in [1.165, 1.54) is 35.7 Å². The Morgan fingerprint density at radius 3 is 2.52 bits per heavy atom. The van der Waals surface area contributed by atoms with E-state index in [1.807, 2.05) is 43.3 Å². The van der Waals surface area contributed by atoms with E-state index in [0.717, 1.165) is 29.6 Å². The molecule has 3 aromatic rings. The number of carbonyl (C=O) groups is 1. The molecule has 1 fully saturated rings. The van der Waals surface area contributed by atoms with Gasteiger partial charge in [0, 0.05) is 11.6 Å². The molecule has 1 saturated carbocycles. The summed E-state index contributed by atoms with van der Waals surface area (Å²) in [5.74, 6) is 1.93. The van der Waals surface area contributed by atoms with Crippen molar-refractivity contribution >= 4 is 23.4 Å². The van der Waals surface area contributed by atoms with Gasteiger partial charge in [-0.3, -0.25) is 4.79 Å². The van der Waals surface area contributed by atoms with Crippen molar-refractivity contribution in [2.24, 2.45) is 0 Å². The number of hydrogen-bond donors (Lipinski definition) is 1. The van der Waals surface area contributed by atoms with Crippen molar-refractivity contribution in [3.05, 3.63) is 71.5 Å². The maximum Gasteiger partial charge on any atom is 0.237 e. The van der Waals surface area contributed by atoms with Gasteiger partial charge in [0.25, 0.3) is 0 Å². The van der Waals surface area contributed by atoms with E-state index < -0.39 is 0 Å². The lowest BCUT2D eigenvalue weighted by atomic mass is 9.97. The first-order valence-corrected chi connectivity index (χ1v) is 12.0. The quantitative estimate of drug-likeness (QED) is 0.430. The molecule has 2 unspecified atom stereocenters. The number of anilines is 1. The van der Waals surface area contributed by atoms with Crippen molar-refractivity contribution in [2.45, 2.75) is 68.8 Å². The number of para-hydroxylation sites is 1. The number of aromatic nitrogens is 3. The molecule has 0 radical (unpaired) electrons. The van der Waals surface area contributed by atoms with E-state index in [9.17, 15) is 4.79 Å². The third-order valence-electron chi connectivity index (χ3n) is 5.88. The van der Waals surface area contributed by atoms with E-state index in [-0.39, 0.29) is 11.2 Å². The van der Waals surface area contributed by atoms with E-state index in [0.29, 0.717) is 11.8 Å². The zero-order chi connectivity index (χ0) is 21.8. The third kappa shape index (κ3) is 5.18. The van der Waals surface area contributed by atoms with Crippen LogP contribution in [0.3, 0.4) is 0 Å². The van der Waals surface area contributed by atoms with Crippen LogP contribution in [-0.4, -0.2) is 25.9 Å². The third-order valence-corrected chi connectivity index (χ3v) is 6.97. The molecule has 0 aliphatic heterocycles. The molecule has 1 aliphatic rings. The number of amides is 1. The Bertz CT molecular complexity index is 1030. The molecule has 2 aromatic carbocycles. The first-order chi connectivity index (χ1) is 15.1. The van der Waals surface area contributed by atoms with E-state index in [4.69, 9.17) is 0 Å². The molecule has 1 aliphatic carbocycles. The molecule has 6 heteroatoms. The second kappa shape index (κ2) is 9.69. The highest BCUT2D eigenvalue weighted by molar-refractivity contribution is 8.00. The fraction of sp³-hybridized carbons (Fsp3) is 0.400. The summed E-state index contributed by atoms with van der Waals surface area (Å²) >= 11 is 1.48. The summed E-state index contributed by atoms with van der Waals surface area (Å²) in [5.41, 5.74) is 3.29. The van der Waals surface area contributed by atoms with Gasteiger partial charge < -0.3 is 9.88 Å². The molecule has 0 bridgehead atoms. The van der Waals surface area contributed by atoms with Crippen LogP contribution < -0.4 is 5.32 Å². The van der Waals surface area contributed by atoms with Crippen LogP contribution in [0, 0.1) is 0 Å². The van der Waals surface area contributed by atoms with Gasteiger partial charge in [-0.1, -0.05) is 74.1 Å². The molecule has 0 spiro atoms. The standard InChI is InChI=1S/C25H30N4OS/c1-4-17(2)21-12-8-9-13-22(21)26-24(30)18(3)31-25-28-27-23(20-14-15-20)29(25)16-19-10-6-5-7-11-19/h5-13,17-18,20H,4,14-16H2,1-3H3,(H,26,30). The molecule has 5 nitrogen and oxygen atoms in total. The number of benzene rings is 2. The minimum Gasteiger partial charge on any atom is -0.325 e. The van der Waals surface area contributed by atoms with Crippen LogP contribution in [0.4, 0.5) is 5.69 Å². The van der Waals surface area contributed by atoms with Gasteiger partial charge in [-0.05, 0) is 49.3 Å². The number of nitrogens with one attached hydrogen (secondary N) is 1. The van der Waals surface area contributed by atoms with Crippen LogP contribution in [0.5, 0.6) is 0 Å². The molecule has 31 heavy (non-hydrogen) atoms. The van der Waals surface area contributed by atoms with Crippen LogP contribution in [0.15, 0.2) is 59.8 Å². The molecule has 1 aromatic heterocycles. The smallest absolute Gasteiger partial charge is 0.237 e. The second-order valence-electron chi connectivity index (χ2n) is 8.33. The lowest BCUT2D eigenvalue weighted by Crippen LogP contribution is -2.24. The van der Waals surface area contributed by atoms with Gasteiger partial charge in [0.2, 0.25) is 5.91 Å². The Hall–Kier alpha value is -2.60. The normalized spacial score (nSPS) is 15.5. The molecular weight excluding hydrogens is 404 g/mol. The minimum atomic E-state index is -0.282. The predicted octanol–water partition coefficient (Wildman–Crippen LogP) is 5.84. The number of rotatable bonds is 9. The van der Waals surface area contributed by atoms with Gasteiger partial charge >= 0.3 is 0 Å². The van der Waals surface area contributed by atoms with Gasteiger partial charge in [0.15, 0.2) is 5.16 Å². The lowest BCUT2D eigenvalue weighted by Gasteiger charge is -2.18. The van der Waals surface area contributed by atoms with Crippen LogP contribution in [0.2, 0.25) is 0 Å². The zero-order valence-corrected chi connectivity index (χ0v) is 19.2. The average Bonchev–Trinajstić information content (AvgIpc) is 3.57. The molecule has 1 amide bonds. The zero-order valence-electron chi connectivity index (χ0n) is 18.4. The number of thioether (sulfide) groups is 1. The Kier molecular flexibility index (Phi) is 6.76. The largest absolute Gasteiger partial charge is 0.325 e. The summed E-state index contributed by atoms with van der Waals surface area (Å²) < 4.78 is 2.19. The Morgan fingerprint density at radius 2 is 1.81 bits per heavy atom. The Balaban J connectivity index is 1.50. The molecule has 4 rings (SSSR count). The fourth-order valence-electron chi connectivity index (χ4n) is 3.65. The summed E-state index contributed by atoms with van der Waals surface area (Å²) in [6.07, 6.45) is 3.36. The Morgan fingerprint density at radius 1 is 1.10 bits per heavy atom. The highest BCUT2D eigenvalue weighted by Gasteiger charge is 2.31. The lowest BCUT2D eigenvalue weighted by molar-refractivity contribution is -0.115. The molecule has 2 atom stereocenters. The van der Waals surface area contributed by atoms with E-state index in [2.05, 4.69) is 52.1 Å². The van der Waals surface area contributed by atoms with Crippen molar-refractivity contribution in [3.8, 4) is 0 Å². The summed E-state index contributed by atoms with van der Waals surface area (Å²) in [6.45, 7) is 7.02.